The van der Waals surface area contributed by atoms with E-state index in [9.17, 15) is 9.59 Å². The van der Waals surface area contributed by atoms with Gasteiger partial charge in [-0.1, -0.05) is 58.7 Å². The second kappa shape index (κ2) is 6.32. The van der Waals surface area contributed by atoms with Crippen molar-refractivity contribution in [2.24, 2.45) is 0 Å². The van der Waals surface area contributed by atoms with Crippen LogP contribution in [0.15, 0.2) is 52.9 Å². The maximum absolute atomic E-state index is 12.0. The number of anilines is 1. The van der Waals surface area contributed by atoms with E-state index in [4.69, 9.17) is 14.3 Å². The number of carboxylic acid groups (broad SMARTS) is 1. The van der Waals surface area contributed by atoms with Gasteiger partial charge in [0.1, 0.15) is 6.61 Å². The van der Waals surface area contributed by atoms with Crippen LogP contribution in [0.2, 0.25) is 0 Å². The van der Waals surface area contributed by atoms with Gasteiger partial charge in [-0.3, -0.25) is 0 Å². The normalized spacial score (nSPS) is 12.3. The Bertz CT molecular complexity index is 952. The summed E-state index contributed by atoms with van der Waals surface area (Å²) in [7, 11) is 0. The largest absolute Gasteiger partial charge is 0.474 e. The first-order valence-electron chi connectivity index (χ1n) is 7.82. The minimum Gasteiger partial charge on any atom is -0.474 e. The van der Waals surface area contributed by atoms with Crippen LogP contribution in [0.3, 0.4) is 0 Å². The fourth-order valence-corrected chi connectivity index (χ4v) is 3.08. The van der Waals surface area contributed by atoms with Gasteiger partial charge in [0.25, 0.3) is 0 Å². The lowest BCUT2D eigenvalue weighted by atomic mass is 9.98. The number of carbonyl (C=O) groups excluding carboxylic acids is 1. The molecule has 8 heteroatoms. The quantitative estimate of drug-likeness (QED) is 0.742. The highest BCUT2D eigenvalue weighted by molar-refractivity contribution is 5.84. The number of hydrogen-bond acceptors (Lipinski definition) is 6. The molecule has 130 valence electrons. The minimum absolute atomic E-state index is 0.0783. The average molecular weight is 351 g/mol. The number of hydrogen-bond donors (Lipinski definition) is 2. The first-order chi connectivity index (χ1) is 12.6. The van der Waals surface area contributed by atoms with Crippen molar-refractivity contribution < 1.29 is 23.8 Å². The van der Waals surface area contributed by atoms with Gasteiger partial charge in [0.15, 0.2) is 0 Å². The van der Waals surface area contributed by atoms with E-state index in [1.807, 2.05) is 48.5 Å². The van der Waals surface area contributed by atoms with E-state index in [2.05, 4.69) is 15.5 Å². The number of benzene rings is 2. The first-order valence-corrected chi connectivity index (χ1v) is 7.82. The summed E-state index contributed by atoms with van der Waals surface area (Å²) >= 11 is 0. The molecule has 1 heterocycles. The van der Waals surface area contributed by atoms with Crippen molar-refractivity contribution in [1.82, 2.24) is 10.2 Å². The molecule has 0 saturated heterocycles. The van der Waals surface area contributed by atoms with Crippen LogP contribution >= 0.6 is 0 Å². The van der Waals surface area contributed by atoms with Gasteiger partial charge in [0.05, 0.1) is 0 Å². The van der Waals surface area contributed by atoms with Crippen LogP contribution in [0.25, 0.3) is 11.1 Å². The van der Waals surface area contributed by atoms with Crippen LogP contribution in [-0.2, 0) is 4.74 Å². The van der Waals surface area contributed by atoms with Crippen LogP contribution < -0.4 is 5.32 Å². The molecular formula is C18H13N3O5. The molecule has 1 aromatic heterocycles. The number of rotatable bonds is 4. The lowest BCUT2D eigenvalue weighted by molar-refractivity contribution is 0.0654. The lowest BCUT2D eigenvalue weighted by Crippen LogP contribution is -2.18. The maximum Gasteiger partial charge on any atom is 0.415 e. The molecule has 0 saturated carbocycles. The monoisotopic (exact) mass is 351 g/mol. The van der Waals surface area contributed by atoms with Gasteiger partial charge in [-0.2, -0.15) is 0 Å². The number of nitrogens with zero attached hydrogens (tertiary/aromatic N) is 2. The molecule has 0 fully saturated rings. The molecule has 0 spiro atoms. The number of amides is 1. The van der Waals surface area contributed by atoms with E-state index in [1.165, 1.54) is 0 Å². The Morgan fingerprint density at radius 1 is 1.04 bits per heavy atom. The zero-order valence-corrected chi connectivity index (χ0v) is 13.4. The molecule has 8 nitrogen and oxygen atoms in total. The third-order valence-corrected chi connectivity index (χ3v) is 4.16. The van der Waals surface area contributed by atoms with Crippen LogP contribution in [-0.4, -0.2) is 34.0 Å². The van der Waals surface area contributed by atoms with Crippen molar-refractivity contribution in [3.8, 4) is 11.1 Å². The second-order valence-electron chi connectivity index (χ2n) is 5.67. The molecule has 0 unspecified atom stereocenters. The van der Waals surface area contributed by atoms with E-state index >= 15 is 0 Å². The predicted octanol–water partition coefficient (Wildman–Crippen LogP) is 3.13. The summed E-state index contributed by atoms with van der Waals surface area (Å²) in [6.07, 6.45) is -0.799. The summed E-state index contributed by atoms with van der Waals surface area (Å²) in [5.41, 5.74) is 4.43. The van der Waals surface area contributed by atoms with Crippen molar-refractivity contribution in [2.75, 3.05) is 11.9 Å². The zero-order chi connectivity index (χ0) is 18.1. The number of carbonyl (C=O) groups is 2. The van der Waals surface area contributed by atoms with Gasteiger partial charge >= 0.3 is 24.0 Å². The maximum atomic E-state index is 12.0. The number of carboxylic acids is 1. The van der Waals surface area contributed by atoms with Gasteiger partial charge in [-0.05, 0) is 22.3 Å². The standard InChI is InChI=1S/C18H13N3O5/c22-16(23)15-20-21-17(26-15)19-18(24)25-9-14-12-7-3-1-5-10(12)11-6-2-4-8-13(11)14/h1-8,14H,9H2,(H,22,23)(H,19,21,24). The summed E-state index contributed by atoms with van der Waals surface area (Å²) in [4.78, 5) is 22.7. The van der Waals surface area contributed by atoms with E-state index in [0.29, 0.717) is 0 Å². The summed E-state index contributed by atoms with van der Waals surface area (Å²) in [6.45, 7) is 0.125. The number of ether oxygens (including phenoxy) is 1. The highest BCUT2D eigenvalue weighted by atomic mass is 16.6. The van der Waals surface area contributed by atoms with Crippen molar-refractivity contribution >= 4 is 18.1 Å². The smallest absolute Gasteiger partial charge is 0.415 e. The number of nitrogens with one attached hydrogen (secondary N) is 1. The van der Waals surface area contributed by atoms with Crippen LogP contribution in [0, 0.1) is 0 Å². The van der Waals surface area contributed by atoms with Gasteiger partial charge in [-0.15, -0.1) is 0 Å². The van der Waals surface area contributed by atoms with Gasteiger partial charge in [-0.25, -0.2) is 14.9 Å². The molecule has 0 atom stereocenters. The van der Waals surface area contributed by atoms with Crippen molar-refractivity contribution in [1.29, 1.82) is 0 Å². The molecule has 1 aliphatic carbocycles. The Hall–Kier alpha value is -3.68. The number of aromatic carboxylic acids is 1. The fourth-order valence-electron chi connectivity index (χ4n) is 3.08. The molecular weight excluding hydrogens is 338 g/mol. The van der Waals surface area contributed by atoms with Gasteiger partial charge in [0.2, 0.25) is 0 Å². The molecule has 4 rings (SSSR count). The molecule has 0 radical (unpaired) electrons. The van der Waals surface area contributed by atoms with E-state index in [1.54, 1.807) is 0 Å². The van der Waals surface area contributed by atoms with E-state index in [-0.39, 0.29) is 18.5 Å². The molecule has 3 aromatic rings. The summed E-state index contributed by atoms with van der Waals surface area (Å²) in [6, 6.07) is 15.6. The molecule has 2 aromatic carbocycles. The topological polar surface area (TPSA) is 115 Å². The minimum atomic E-state index is -1.38. The number of fused-ring (bicyclic) bond motifs is 3. The third-order valence-electron chi connectivity index (χ3n) is 4.16. The van der Waals surface area contributed by atoms with Crippen molar-refractivity contribution in [2.45, 2.75) is 5.92 Å². The third kappa shape index (κ3) is 2.77. The Kier molecular flexibility index (Phi) is 3.85. The summed E-state index contributed by atoms with van der Waals surface area (Å²) in [5.74, 6) is -2.07. The highest BCUT2D eigenvalue weighted by Crippen LogP contribution is 2.44. The SMILES string of the molecule is O=C(Nc1nnc(C(=O)O)o1)OCC1c2ccccc2-c2ccccc21. The number of aromatic nitrogens is 2. The van der Waals surface area contributed by atoms with E-state index < -0.39 is 18.0 Å². The van der Waals surface area contributed by atoms with Crippen molar-refractivity contribution in [3.63, 3.8) is 0 Å². The Balaban J connectivity index is 1.47. The Labute approximate surface area is 147 Å². The lowest BCUT2D eigenvalue weighted by Gasteiger charge is -2.13. The first kappa shape index (κ1) is 15.8. The second-order valence-corrected chi connectivity index (χ2v) is 5.67. The molecule has 1 amide bonds. The molecule has 1 aliphatic rings. The Morgan fingerprint density at radius 2 is 1.65 bits per heavy atom. The average Bonchev–Trinajstić information content (AvgIpc) is 3.23. The molecule has 0 aliphatic heterocycles. The van der Waals surface area contributed by atoms with Gasteiger partial charge in [0, 0.05) is 5.92 Å². The Morgan fingerprint density at radius 3 is 2.23 bits per heavy atom. The van der Waals surface area contributed by atoms with Crippen LogP contribution in [0.5, 0.6) is 0 Å². The fraction of sp³-hybridized carbons (Fsp3) is 0.111. The highest BCUT2D eigenvalue weighted by Gasteiger charge is 2.29. The van der Waals surface area contributed by atoms with Gasteiger partial charge < -0.3 is 14.3 Å². The molecule has 0 bridgehead atoms. The molecule has 26 heavy (non-hydrogen) atoms. The van der Waals surface area contributed by atoms with Crippen LogP contribution in [0.1, 0.15) is 27.7 Å². The van der Waals surface area contributed by atoms with E-state index in [0.717, 1.165) is 22.3 Å². The predicted molar refractivity (Wildman–Crippen MR) is 89.9 cm³/mol. The zero-order valence-electron chi connectivity index (χ0n) is 13.4. The molecule has 2 N–H and O–H groups in total. The summed E-state index contributed by atoms with van der Waals surface area (Å²) in [5, 5.41) is 17.6. The van der Waals surface area contributed by atoms with Crippen molar-refractivity contribution in [3.05, 3.63) is 65.5 Å². The van der Waals surface area contributed by atoms with Crippen LogP contribution in [0.4, 0.5) is 10.8 Å². The summed E-state index contributed by atoms with van der Waals surface area (Å²) < 4.78 is 10.1.